The van der Waals surface area contributed by atoms with Crippen molar-refractivity contribution < 1.29 is 9.18 Å². The molecule has 0 N–H and O–H groups in total. The number of benzene rings is 1. The van der Waals surface area contributed by atoms with Crippen LogP contribution in [0.2, 0.25) is 0 Å². The highest BCUT2D eigenvalue weighted by atomic mass is 35.5. The number of nitriles is 1. The van der Waals surface area contributed by atoms with E-state index in [1.165, 1.54) is 17.0 Å². The molecule has 90 valence electrons. The minimum Gasteiger partial charge on any atom is -0.309 e. The van der Waals surface area contributed by atoms with Crippen LogP contribution in [0.15, 0.2) is 24.3 Å². The fraction of sp³-hybridized carbons (Fsp3) is 0.333. The summed E-state index contributed by atoms with van der Waals surface area (Å²) >= 11 is 5.50. The minimum absolute atomic E-state index is 0.126. The number of amides is 1. The van der Waals surface area contributed by atoms with E-state index in [1.54, 1.807) is 12.1 Å². The van der Waals surface area contributed by atoms with Crippen LogP contribution in [0.25, 0.3) is 0 Å². The normalized spacial score (nSPS) is 9.71. The lowest BCUT2D eigenvalue weighted by Crippen LogP contribution is -2.32. The molecular formula is C12H12ClFN2O. The molecule has 0 atom stereocenters. The highest BCUT2D eigenvalue weighted by molar-refractivity contribution is 6.19. The van der Waals surface area contributed by atoms with E-state index in [0.29, 0.717) is 0 Å². The van der Waals surface area contributed by atoms with Crippen molar-refractivity contribution >= 4 is 23.2 Å². The maximum absolute atomic E-state index is 13.6. The van der Waals surface area contributed by atoms with Gasteiger partial charge in [0.1, 0.15) is 5.82 Å². The highest BCUT2D eigenvalue weighted by Crippen LogP contribution is 2.19. The Hall–Kier alpha value is -1.60. The van der Waals surface area contributed by atoms with Gasteiger partial charge in [0.25, 0.3) is 0 Å². The van der Waals surface area contributed by atoms with Gasteiger partial charge in [0.15, 0.2) is 0 Å². The third kappa shape index (κ3) is 3.72. The molecule has 17 heavy (non-hydrogen) atoms. The Morgan fingerprint density at radius 1 is 1.47 bits per heavy atom. The van der Waals surface area contributed by atoms with Gasteiger partial charge in [-0.05, 0) is 12.1 Å². The molecule has 0 aliphatic rings. The zero-order chi connectivity index (χ0) is 12.7. The lowest BCUT2D eigenvalue weighted by molar-refractivity contribution is -0.118. The smallest absolute Gasteiger partial charge is 0.228 e. The zero-order valence-corrected chi connectivity index (χ0v) is 9.95. The number of hydrogen-bond donors (Lipinski definition) is 0. The first-order chi connectivity index (χ1) is 8.20. The van der Waals surface area contributed by atoms with E-state index in [-0.39, 0.29) is 36.9 Å². The number of hydrogen-bond acceptors (Lipinski definition) is 2. The number of nitrogens with zero attached hydrogens (tertiary/aromatic N) is 2. The fourth-order valence-electron chi connectivity index (χ4n) is 1.43. The van der Waals surface area contributed by atoms with Crippen molar-refractivity contribution in [2.24, 2.45) is 0 Å². The van der Waals surface area contributed by atoms with Crippen molar-refractivity contribution in [2.75, 3.05) is 17.3 Å². The molecule has 0 heterocycles. The predicted molar refractivity (Wildman–Crippen MR) is 64.3 cm³/mol. The topological polar surface area (TPSA) is 44.1 Å². The molecule has 1 amide bonds. The van der Waals surface area contributed by atoms with Crippen LogP contribution in [0.3, 0.4) is 0 Å². The van der Waals surface area contributed by atoms with Gasteiger partial charge in [-0.25, -0.2) is 4.39 Å². The largest absolute Gasteiger partial charge is 0.309 e. The van der Waals surface area contributed by atoms with Crippen LogP contribution < -0.4 is 4.90 Å². The first-order valence-corrected chi connectivity index (χ1v) is 5.72. The lowest BCUT2D eigenvalue weighted by Gasteiger charge is -2.21. The summed E-state index contributed by atoms with van der Waals surface area (Å²) in [5.74, 6) is -0.579. The van der Waals surface area contributed by atoms with E-state index < -0.39 is 5.82 Å². The van der Waals surface area contributed by atoms with E-state index in [2.05, 4.69) is 0 Å². The molecule has 0 saturated carbocycles. The van der Waals surface area contributed by atoms with Crippen LogP contribution in [0.5, 0.6) is 0 Å². The van der Waals surface area contributed by atoms with Crippen LogP contribution in [-0.4, -0.2) is 18.3 Å². The van der Waals surface area contributed by atoms with E-state index >= 15 is 0 Å². The quantitative estimate of drug-likeness (QED) is 0.759. The molecule has 0 unspecified atom stereocenters. The average Bonchev–Trinajstić information content (AvgIpc) is 2.32. The number of alkyl halides is 1. The minimum atomic E-state index is -0.478. The van der Waals surface area contributed by atoms with Crippen LogP contribution >= 0.6 is 11.6 Å². The summed E-state index contributed by atoms with van der Waals surface area (Å²) in [5, 5.41) is 8.54. The Morgan fingerprint density at radius 3 is 2.76 bits per heavy atom. The van der Waals surface area contributed by atoms with E-state index in [4.69, 9.17) is 16.9 Å². The van der Waals surface area contributed by atoms with Crippen molar-refractivity contribution in [1.82, 2.24) is 0 Å². The van der Waals surface area contributed by atoms with Gasteiger partial charge in [-0.1, -0.05) is 12.1 Å². The average molecular weight is 255 g/mol. The van der Waals surface area contributed by atoms with Crippen molar-refractivity contribution in [3.8, 4) is 6.07 Å². The van der Waals surface area contributed by atoms with Gasteiger partial charge < -0.3 is 4.90 Å². The molecule has 0 saturated heterocycles. The molecule has 0 aromatic heterocycles. The van der Waals surface area contributed by atoms with Crippen LogP contribution in [0, 0.1) is 17.1 Å². The molecule has 1 aromatic carbocycles. The number of para-hydroxylation sites is 1. The van der Waals surface area contributed by atoms with Crippen LogP contribution in [0.4, 0.5) is 10.1 Å². The second kappa shape index (κ2) is 6.87. The molecule has 0 aliphatic carbocycles. The fourth-order valence-corrected chi connectivity index (χ4v) is 1.59. The van der Waals surface area contributed by atoms with Crippen LogP contribution in [0.1, 0.15) is 12.8 Å². The van der Waals surface area contributed by atoms with Gasteiger partial charge in [0.2, 0.25) is 5.91 Å². The Balaban J connectivity index is 2.94. The molecule has 1 aromatic rings. The lowest BCUT2D eigenvalue weighted by atomic mass is 10.2. The molecule has 0 bridgehead atoms. The highest BCUT2D eigenvalue weighted by Gasteiger charge is 2.17. The van der Waals surface area contributed by atoms with Crippen molar-refractivity contribution in [2.45, 2.75) is 12.8 Å². The van der Waals surface area contributed by atoms with Crippen molar-refractivity contribution in [3.05, 3.63) is 30.1 Å². The summed E-state index contributed by atoms with van der Waals surface area (Å²) in [4.78, 5) is 13.0. The van der Waals surface area contributed by atoms with Gasteiger partial charge in [0.05, 0.1) is 18.2 Å². The SMILES string of the molecule is N#CCCN(C(=O)CCCl)c1ccccc1F. The van der Waals surface area contributed by atoms with Gasteiger partial charge in [0, 0.05) is 18.8 Å². The van der Waals surface area contributed by atoms with Gasteiger partial charge in [-0.3, -0.25) is 4.79 Å². The summed E-state index contributed by atoms with van der Waals surface area (Å²) < 4.78 is 13.6. The number of carbonyl (C=O) groups excluding carboxylic acids is 1. The maximum Gasteiger partial charge on any atom is 0.228 e. The van der Waals surface area contributed by atoms with Gasteiger partial charge >= 0.3 is 0 Å². The molecular weight excluding hydrogens is 243 g/mol. The molecule has 0 radical (unpaired) electrons. The van der Waals surface area contributed by atoms with E-state index in [1.807, 2.05) is 6.07 Å². The third-order valence-corrected chi connectivity index (χ3v) is 2.39. The number of carbonyl (C=O) groups is 1. The Kier molecular flexibility index (Phi) is 5.44. The molecule has 1 rings (SSSR count). The maximum atomic E-state index is 13.6. The third-order valence-electron chi connectivity index (χ3n) is 2.20. The molecule has 0 fully saturated rings. The summed E-state index contributed by atoms with van der Waals surface area (Å²) in [6, 6.07) is 7.92. The molecule has 0 spiro atoms. The Labute approximate surface area is 104 Å². The predicted octanol–water partition coefficient (Wildman–Crippen LogP) is 2.70. The zero-order valence-electron chi connectivity index (χ0n) is 9.20. The molecule has 5 heteroatoms. The first kappa shape index (κ1) is 13.5. The van der Waals surface area contributed by atoms with Crippen molar-refractivity contribution in [1.29, 1.82) is 5.26 Å². The van der Waals surface area contributed by atoms with Gasteiger partial charge in [-0.15, -0.1) is 11.6 Å². The van der Waals surface area contributed by atoms with Crippen molar-refractivity contribution in [3.63, 3.8) is 0 Å². The molecule has 3 nitrogen and oxygen atoms in total. The summed E-state index contributed by atoms with van der Waals surface area (Å²) in [6.45, 7) is 0.174. The Bertz CT molecular complexity index is 431. The number of rotatable bonds is 5. The summed E-state index contributed by atoms with van der Waals surface area (Å²) in [5.41, 5.74) is 0.192. The number of anilines is 1. The monoisotopic (exact) mass is 254 g/mol. The van der Waals surface area contributed by atoms with E-state index in [9.17, 15) is 9.18 Å². The second-order valence-corrected chi connectivity index (χ2v) is 3.72. The summed E-state index contributed by atoms with van der Waals surface area (Å²) in [6.07, 6.45) is 0.281. The van der Waals surface area contributed by atoms with Crippen LogP contribution in [-0.2, 0) is 4.79 Å². The summed E-state index contributed by atoms with van der Waals surface area (Å²) in [7, 11) is 0. The molecule has 0 aliphatic heterocycles. The van der Waals surface area contributed by atoms with Gasteiger partial charge in [-0.2, -0.15) is 5.26 Å². The Morgan fingerprint density at radius 2 is 2.18 bits per heavy atom. The second-order valence-electron chi connectivity index (χ2n) is 3.34. The van der Waals surface area contributed by atoms with E-state index in [0.717, 1.165) is 0 Å². The first-order valence-electron chi connectivity index (χ1n) is 5.18. The standard InChI is InChI=1S/C12H12ClFN2O/c13-7-6-12(17)16(9-3-8-15)11-5-2-1-4-10(11)14/h1-2,4-5H,3,6-7,9H2. The number of halogens is 2.